The van der Waals surface area contributed by atoms with E-state index in [9.17, 15) is 4.79 Å². The largest absolute Gasteiger partial charge is 0.466 e. The van der Waals surface area contributed by atoms with Gasteiger partial charge in [0.15, 0.2) is 0 Å². The Morgan fingerprint density at radius 1 is 1.22 bits per heavy atom. The number of esters is 1. The van der Waals surface area contributed by atoms with Crippen molar-refractivity contribution in [1.29, 1.82) is 0 Å². The third kappa shape index (κ3) is 7.30. The van der Waals surface area contributed by atoms with E-state index in [1.165, 1.54) is 12.5 Å². The number of halogens is 1. The Morgan fingerprint density at radius 3 is 2.61 bits per heavy atom. The lowest BCUT2D eigenvalue weighted by atomic mass is 10.2. The SMILES string of the molecule is CC(=O)OCCCCCNCc1ccc(Cl)cc1. The molecule has 0 aliphatic rings. The fourth-order valence-corrected chi connectivity index (χ4v) is 1.71. The maximum absolute atomic E-state index is 10.5. The normalized spacial score (nSPS) is 10.3. The van der Waals surface area contributed by atoms with E-state index in [1.807, 2.05) is 24.3 Å². The minimum atomic E-state index is -0.198. The molecule has 1 rings (SSSR count). The van der Waals surface area contributed by atoms with Crippen molar-refractivity contribution in [2.45, 2.75) is 32.7 Å². The summed E-state index contributed by atoms with van der Waals surface area (Å²) in [7, 11) is 0. The molecule has 0 unspecified atom stereocenters. The fraction of sp³-hybridized carbons (Fsp3) is 0.500. The number of ether oxygens (including phenoxy) is 1. The minimum absolute atomic E-state index is 0.198. The molecular weight excluding hydrogens is 250 g/mol. The Kier molecular flexibility index (Phi) is 7.46. The van der Waals surface area contributed by atoms with Crippen LogP contribution in [0.5, 0.6) is 0 Å². The van der Waals surface area contributed by atoms with E-state index >= 15 is 0 Å². The topological polar surface area (TPSA) is 38.3 Å². The Bertz CT molecular complexity index is 351. The van der Waals surface area contributed by atoms with Crippen molar-refractivity contribution in [2.24, 2.45) is 0 Å². The van der Waals surface area contributed by atoms with Crippen molar-refractivity contribution < 1.29 is 9.53 Å². The number of hydrogen-bond donors (Lipinski definition) is 1. The van der Waals surface area contributed by atoms with Crippen LogP contribution in [0, 0.1) is 0 Å². The third-order valence-electron chi connectivity index (χ3n) is 2.55. The van der Waals surface area contributed by atoms with Crippen LogP contribution >= 0.6 is 11.6 Å². The number of unbranched alkanes of at least 4 members (excludes halogenated alkanes) is 2. The van der Waals surface area contributed by atoms with Crippen LogP contribution in [0.3, 0.4) is 0 Å². The van der Waals surface area contributed by atoms with Crippen LogP contribution < -0.4 is 5.32 Å². The van der Waals surface area contributed by atoms with Crippen molar-refractivity contribution in [3.63, 3.8) is 0 Å². The van der Waals surface area contributed by atoms with Crippen LogP contribution in [0.4, 0.5) is 0 Å². The van der Waals surface area contributed by atoms with Gasteiger partial charge in [0, 0.05) is 18.5 Å². The average molecular weight is 270 g/mol. The molecule has 0 atom stereocenters. The van der Waals surface area contributed by atoms with Gasteiger partial charge in [-0.1, -0.05) is 23.7 Å². The van der Waals surface area contributed by atoms with E-state index in [0.717, 1.165) is 37.4 Å². The first-order valence-corrected chi connectivity index (χ1v) is 6.65. The second-order valence-electron chi connectivity index (χ2n) is 4.20. The van der Waals surface area contributed by atoms with E-state index in [-0.39, 0.29) is 5.97 Å². The summed E-state index contributed by atoms with van der Waals surface area (Å²) in [6.07, 6.45) is 3.10. The van der Waals surface area contributed by atoms with Crippen molar-refractivity contribution in [3.05, 3.63) is 34.9 Å². The quantitative estimate of drug-likeness (QED) is 0.582. The highest BCUT2D eigenvalue weighted by Gasteiger charge is 1.95. The molecule has 0 heterocycles. The van der Waals surface area contributed by atoms with E-state index in [0.29, 0.717) is 6.61 Å². The molecule has 18 heavy (non-hydrogen) atoms. The molecule has 0 fully saturated rings. The minimum Gasteiger partial charge on any atom is -0.466 e. The lowest BCUT2D eigenvalue weighted by molar-refractivity contribution is -0.141. The van der Waals surface area contributed by atoms with Crippen molar-refractivity contribution in [3.8, 4) is 0 Å². The summed E-state index contributed by atoms with van der Waals surface area (Å²) in [6, 6.07) is 7.85. The predicted octanol–water partition coefficient (Wildman–Crippen LogP) is 3.16. The zero-order valence-corrected chi connectivity index (χ0v) is 11.5. The number of carbonyl (C=O) groups is 1. The first-order chi connectivity index (χ1) is 8.68. The zero-order chi connectivity index (χ0) is 13.2. The molecule has 4 heteroatoms. The molecule has 3 nitrogen and oxygen atoms in total. The van der Waals surface area contributed by atoms with Crippen LogP contribution in [-0.4, -0.2) is 19.1 Å². The van der Waals surface area contributed by atoms with Crippen LogP contribution in [0.25, 0.3) is 0 Å². The number of nitrogens with one attached hydrogen (secondary N) is 1. The summed E-state index contributed by atoms with van der Waals surface area (Å²) < 4.78 is 4.86. The Balaban J connectivity index is 1.95. The summed E-state index contributed by atoms with van der Waals surface area (Å²) in [5, 5.41) is 4.14. The van der Waals surface area contributed by atoms with Gasteiger partial charge in [-0.25, -0.2) is 0 Å². The van der Waals surface area contributed by atoms with Gasteiger partial charge < -0.3 is 10.1 Å². The summed E-state index contributed by atoms with van der Waals surface area (Å²) in [5.74, 6) is -0.198. The van der Waals surface area contributed by atoms with Gasteiger partial charge in [-0.2, -0.15) is 0 Å². The van der Waals surface area contributed by atoms with Crippen LogP contribution in [0.2, 0.25) is 5.02 Å². The van der Waals surface area contributed by atoms with E-state index in [4.69, 9.17) is 16.3 Å². The molecule has 0 radical (unpaired) electrons. The Labute approximate surface area is 113 Å². The number of rotatable bonds is 8. The Hall–Kier alpha value is -1.06. The van der Waals surface area contributed by atoms with E-state index in [2.05, 4.69) is 5.32 Å². The molecule has 0 saturated heterocycles. The summed E-state index contributed by atoms with van der Waals surface area (Å²) in [6.45, 7) is 3.81. The molecule has 0 aliphatic heterocycles. The lowest BCUT2D eigenvalue weighted by Crippen LogP contribution is -2.14. The molecule has 100 valence electrons. The summed E-state index contributed by atoms with van der Waals surface area (Å²) >= 11 is 5.81. The van der Waals surface area contributed by atoms with Gasteiger partial charge in [0.2, 0.25) is 0 Å². The average Bonchev–Trinajstić information content (AvgIpc) is 2.34. The number of carbonyl (C=O) groups excluding carboxylic acids is 1. The van der Waals surface area contributed by atoms with Crippen LogP contribution in [-0.2, 0) is 16.1 Å². The number of hydrogen-bond acceptors (Lipinski definition) is 3. The molecule has 1 N–H and O–H groups in total. The maximum atomic E-state index is 10.5. The second-order valence-corrected chi connectivity index (χ2v) is 4.64. The lowest BCUT2D eigenvalue weighted by Gasteiger charge is -2.05. The maximum Gasteiger partial charge on any atom is 0.302 e. The monoisotopic (exact) mass is 269 g/mol. The van der Waals surface area contributed by atoms with Gasteiger partial charge in [-0.05, 0) is 43.5 Å². The highest BCUT2D eigenvalue weighted by atomic mass is 35.5. The van der Waals surface area contributed by atoms with Gasteiger partial charge >= 0.3 is 5.97 Å². The molecule has 0 amide bonds. The first kappa shape index (κ1) is 15.0. The predicted molar refractivity (Wildman–Crippen MR) is 73.6 cm³/mol. The van der Waals surface area contributed by atoms with Gasteiger partial charge in [0.05, 0.1) is 6.61 Å². The first-order valence-electron chi connectivity index (χ1n) is 6.27. The Morgan fingerprint density at radius 2 is 1.94 bits per heavy atom. The van der Waals surface area contributed by atoms with E-state index < -0.39 is 0 Å². The molecule has 1 aromatic carbocycles. The van der Waals surface area contributed by atoms with Crippen molar-refractivity contribution in [1.82, 2.24) is 5.32 Å². The molecule has 0 bridgehead atoms. The van der Waals surface area contributed by atoms with Gasteiger partial charge in [0.25, 0.3) is 0 Å². The summed E-state index contributed by atoms with van der Waals surface area (Å²) in [5.41, 5.74) is 1.24. The third-order valence-corrected chi connectivity index (χ3v) is 2.80. The fourth-order valence-electron chi connectivity index (χ4n) is 1.58. The highest BCUT2D eigenvalue weighted by molar-refractivity contribution is 6.30. The summed E-state index contributed by atoms with van der Waals surface area (Å²) in [4.78, 5) is 10.5. The van der Waals surface area contributed by atoms with Gasteiger partial charge in [-0.15, -0.1) is 0 Å². The number of benzene rings is 1. The van der Waals surface area contributed by atoms with E-state index in [1.54, 1.807) is 0 Å². The van der Waals surface area contributed by atoms with Crippen LogP contribution in [0.1, 0.15) is 31.7 Å². The molecular formula is C14H20ClNO2. The zero-order valence-electron chi connectivity index (χ0n) is 10.7. The molecule has 1 aromatic rings. The van der Waals surface area contributed by atoms with Crippen molar-refractivity contribution in [2.75, 3.05) is 13.2 Å². The second kappa shape index (κ2) is 8.95. The molecule has 0 spiro atoms. The smallest absolute Gasteiger partial charge is 0.302 e. The molecule has 0 saturated carbocycles. The van der Waals surface area contributed by atoms with Gasteiger partial charge in [-0.3, -0.25) is 4.79 Å². The van der Waals surface area contributed by atoms with Crippen LogP contribution in [0.15, 0.2) is 24.3 Å². The molecule has 0 aromatic heterocycles. The molecule has 0 aliphatic carbocycles. The standard InChI is InChI=1S/C14H20ClNO2/c1-12(17)18-10-4-2-3-9-16-11-13-5-7-14(15)8-6-13/h5-8,16H,2-4,9-11H2,1H3. The van der Waals surface area contributed by atoms with Crippen molar-refractivity contribution >= 4 is 17.6 Å². The highest BCUT2D eigenvalue weighted by Crippen LogP contribution is 2.09. The van der Waals surface area contributed by atoms with Gasteiger partial charge in [0.1, 0.15) is 0 Å².